The molecule has 0 aliphatic heterocycles. The fourth-order valence-electron chi connectivity index (χ4n) is 1.19. The van der Waals surface area contributed by atoms with E-state index in [1.165, 1.54) is 6.26 Å². The number of nitrogens with one attached hydrogen (secondary N) is 1. The number of aryl methyl sites for hydroxylation is 1. The first-order valence-corrected chi connectivity index (χ1v) is 7.06. The van der Waals surface area contributed by atoms with Crippen LogP contribution in [0.15, 0.2) is 16.7 Å². The van der Waals surface area contributed by atoms with E-state index in [0.29, 0.717) is 13.1 Å². The topological polar surface area (TPSA) is 59.3 Å². The van der Waals surface area contributed by atoms with Crippen molar-refractivity contribution in [3.63, 3.8) is 0 Å². The Morgan fingerprint density at radius 2 is 2.06 bits per heavy atom. The average molecular weight is 245 g/mol. The molecule has 92 valence electrons. The molecule has 0 radical (unpaired) electrons. The lowest BCUT2D eigenvalue weighted by atomic mass is 10.2. The maximum absolute atomic E-state index is 11.4. The monoisotopic (exact) mass is 245 g/mol. The van der Waals surface area contributed by atoms with Crippen molar-refractivity contribution in [2.75, 3.05) is 12.8 Å². The number of hydrogen-bond acceptors (Lipinski definition) is 4. The molecule has 0 aliphatic rings. The highest BCUT2D eigenvalue weighted by Crippen LogP contribution is 2.14. The van der Waals surface area contributed by atoms with Crippen molar-refractivity contribution in [2.24, 2.45) is 0 Å². The van der Waals surface area contributed by atoms with Crippen LogP contribution in [-0.4, -0.2) is 26.0 Å². The van der Waals surface area contributed by atoms with E-state index in [9.17, 15) is 8.42 Å². The van der Waals surface area contributed by atoms with Crippen molar-refractivity contribution < 1.29 is 12.8 Å². The molecule has 1 rings (SSSR count). The lowest BCUT2D eigenvalue weighted by Gasteiger charge is -2.22. The number of furan rings is 1. The fourth-order valence-corrected chi connectivity index (χ4v) is 1.56. The minimum Gasteiger partial charge on any atom is -0.468 e. The standard InChI is InChI=1S/C11H19NO3S/c1-9-5-6-15-10(9)7-12-8-11(2,3)16(4,13)14/h5-6,12H,7-8H2,1-4H3. The molecule has 1 N–H and O–H groups in total. The van der Waals surface area contributed by atoms with Gasteiger partial charge in [-0.2, -0.15) is 0 Å². The maximum atomic E-state index is 11.4. The van der Waals surface area contributed by atoms with E-state index >= 15 is 0 Å². The summed E-state index contributed by atoms with van der Waals surface area (Å²) in [5.74, 6) is 0.851. The molecule has 1 heterocycles. The normalized spacial score (nSPS) is 13.0. The van der Waals surface area contributed by atoms with Gasteiger partial charge in [-0.25, -0.2) is 8.42 Å². The first-order chi connectivity index (χ1) is 7.24. The van der Waals surface area contributed by atoms with E-state index in [2.05, 4.69) is 5.32 Å². The molecule has 4 nitrogen and oxygen atoms in total. The third kappa shape index (κ3) is 3.09. The summed E-state index contributed by atoms with van der Waals surface area (Å²) in [7, 11) is -3.05. The maximum Gasteiger partial charge on any atom is 0.153 e. The molecule has 0 saturated heterocycles. The second-order valence-electron chi connectivity index (χ2n) is 4.66. The molecule has 1 aromatic heterocycles. The molecule has 5 heteroatoms. The third-order valence-corrected chi connectivity index (χ3v) is 4.96. The van der Waals surface area contributed by atoms with E-state index in [1.807, 2.05) is 13.0 Å². The summed E-state index contributed by atoms with van der Waals surface area (Å²) in [6.07, 6.45) is 2.89. The van der Waals surface area contributed by atoms with Crippen molar-refractivity contribution in [2.45, 2.75) is 32.1 Å². The van der Waals surface area contributed by atoms with Gasteiger partial charge in [0.05, 0.1) is 17.6 Å². The summed E-state index contributed by atoms with van der Waals surface area (Å²) in [5, 5.41) is 3.10. The average Bonchev–Trinajstić information content (AvgIpc) is 2.49. The van der Waals surface area contributed by atoms with Crippen molar-refractivity contribution >= 4 is 9.84 Å². The summed E-state index contributed by atoms with van der Waals surface area (Å²) >= 11 is 0. The molecule has 0 bridgehead atoms. The van der Waals surface area contributed by atoms with Crippen molar-refractivity contribution in [3.8, 4) is 0 Å². The van der Waals surface area contributed by atoms with E-state index in [0.717, 1.165) is 11.3 Å². The van der Waals surface area contributed by atoms with Gasteiger partial charge < -0.3 is 9.73 Å². The Morgan fingerprint density at radius 3 is 2.50 bits per heavy atom. The van der Waals surface area contributed by atoms with Gasteiger partial charge in [-0.05, 0) is 32.4 Å². The summed E-state index contributed by atoms with van der Waals surface area (Å²) in [6.45, 7) is 6.35. The SMILES string of the molecule is Cc1ccoc1CNCC(C)(C)S(C)(=O)=O. The van der Waals surface area contributed by atoms with E-state index in [1.54, 1.807) is 20.1 Å². The summed E-state index contributed by atoms with van der Waals surface area (Å²) < 4.78 is 27.4. The minimum absolute atomic E-state index is 0.409. The molecule has 0 unspecified atom stereocenters. The second kappa shape index (κ2) is 4.59. The van der Waals surface area contributed by atoms with E-state index in [4.69, 9.17) is 4.42 Å². The van der Waals surface area contributed by atoms with Crippen molar-refractivity contribution in [1.29, 1.82) is 0 Å². The summed E-state index contributed by atoms with van der Waals surface area (Å²) in [4.78, 5) is 0. The van der Waals surface area contributed by atoms with Crippen LogP contribution in [-0.2, 0) is 16.4 Å². The number of sulfone groups is 1. The molecular weight excluding hydrogens is 226 g/mol. The summed E-state index contributed by atoms with van der Waals surface area (Å²) in [5.41, 5.74) is 1.07. The molecule has 1 aromatic rings. The second-order valence-corrected chi connectivity index (χ2v) is 7.31. The molecule has 0 fully saturated rings. The molecule has 0 aromatic carbocycles. The quantitative estimate of drug-likeness (QED) is 0.854. The minimum atomic E-state index is -3.05. The Labute approximate surface area is 97.0 Å². The van der Waals surface area contributed by atoms with E-state index < -0.39 is 14.6 Å². The molecule has 0 aliphatic carbocycles. The largest absolute Gasteiger partial charge is 0.468 e. The van der Waals surface area contributed by atoms with Gasteiger partial charge in [0.2, 0.25) is 0 Å². The highest BCUT2D eigenvalue weighted by Gasteiger charge is 2.29. The first-order valence-electron chi connectivity index (χ1n) is 5.17. The number of hydrogen-bond donors (Lipinski definition) is 1. The molecule has 16 heavy (non-hydrogen) atoms. The Morgan fingerprint density at radius 1 is 1.44 bits per heavy atom. The highest BCUT2D eigenvalue weighted by atomic mass is 32.2. The van der Waals surface area contributed by atoms with Gasteiger partial charge in [0.1, 0.15) is 5.76 Å². The van der Waals surface area contributed by atoms with Gasteiger partial charge in [-0.1, -0.05) is 0 Å². The van der Waals surface area contributed by atoms with Gasteiger partial charge in [0, 0.05) is 12.8 Å². The highest BCUT2D eigenvalue weighted by molar-refractivity contribution is 7.92. The van der Waals surface area contributed by atoms with Gasteiger partial charge in [-0.3, -0.25) is 0 Å². The van der Waals surface area contributed by atoms with Crippen LogP contribution < -0.4 is 5.32 Å². The van der Waals surface area contributed by atoms with Gasteiger partial charge in [-0.15, -0.1) is 0 Å². The van der Waals surface area contributed by atoms with Crippen LogP contribution in [0.1, 0.15) is 25.2 Å². The van der Waals surface area contributed by atoms with Crippen LogP contribution >= 0.6 is 0 Å². The molecule has 0 amide bonds. The Kier molecular flexibility index (Phi) is 3.80. The zero-order valence-electron chi connectivity index (χ0n) is 10.2. The number of rotatable bonds is 5. The fraction of sp³-hybridized carbons (Fsp3) is 0.636. The predicted molar refractivity (Wildman–Crippen MR) is 64.1 cm³/mol. The van der Waals surface area contributed by atoms with Crippen LogP contribution in [0.2, 0.25) is 0 Å². The smallest absolute Gasteiger partial charge is 0.153 e. The van der Waals surface area contributed by atoms with Gasteiger partial charge >= 0.3 is 0 Å². The Balaban J connectivity index is 2.51. The predicted octanol–water partition coefficient (Wildman–Crippen LogP) is 1.50. The molecular formula is C11H19NO3S. The van der Waals surface area contributed by atoms with E-state index in [-0.39, 0.29) is 0 Å². The Hall–Kier alpha value is -0.810. The van der Waals surface area contributed by atoms with Crippen LogP contribution in [0.25, 0.3) is 0 Å². The third-order valence-electron chi connectivity index (χ3n) is 2.81. The van der Waals surface area contributed by atoms with Crippen LogP contribution in [0, 0.1) is 6.92 Å². The molecule has 0 atom stereocenters. The van der Waals surface area contributed by atoms with Crippen LogP contribution in [0.5, 0.6) is 0 Å². The molecule has 0 spiro atoms. The molecule has 0 saturated carbocycles. The zero-order valence-corrected chi connectivity index (χ0v) is 11.0. The van der Waals surface area contributed by atoms with Gasteiger partial charge in [0.15, 0.2) is 9.84 Å². The van der Waals surface area contributed by atoms with Crippen molar-refractivity contribution in [1.82, 2.24) is 5.32 Å². The van der Waals surface area contributed by atoms with Crippen LogP contribution in [0.4, 0.5) is 0 Å². The van der Waals surface area contributed by atoms with Gasteiger partial charge in [0.25, 0.3) is 0 Å². The van der Waals surface area contributed by atoms with Crippen LogP contribution in [0.3, 0.4) is 0 Å². The van der Waals surface area contributed by atoms with Crippen molar-refractivity contribution in [3.05, 3.63) is 23.7 Å². The first kappa shape index (κ1) is 13.3. The summed E-state index contributed by atoms with van der Waals surface area (Å²) in [6, 6.07) is 1.89. The lowest BCUT2D eigenvalue weighted by Crippen LogP contribution is -2.41. The Bertz CT molecular complexity index is 446. The zero-order chi connectivity index (χ0) is 12.4. The lowest BCUT2D eigenvalue weighted by molar-refractivity contribution is 0.461.